The molecule has 0 aromatic carbocycles. The van der Waals surface area contributed by atoms with E-state index in [0.29, 0.717) is 0 Å². The van der Waals surface area contributed by atoms with Crippen molar-refractivity contribution in [1.29, 1.82) is 0 Å². The van der Waals surface area contributed by atoms with E-state index >= 15 is 0 Å². The van der Waals surface area contributed by atoms with E-state index in [2.05, 4.69) is 13.1 Å². The number of esters is 1. The van der Waals surface area contributed by atoms with Crippen LogP contribution in [-0.2, 0) is 9.53 Å². The van der Waals surface area contributed by atoms with Crippen molar-refractivity contribution in [3.05, 3.63) is 11.3 Å². The first-order chi connectivity index (χ1) is 5.43. The lowest BCUT2D eigenvalue weighted by molar-refractivity contribution is -0.142. The highest BCUT2D eigenvalue weighted by atomic mass is 28.3. The zero-order valence-electron chi connectivity index (χ0n) is 8.55. The molecule has 0 radical (unpaired) electrons. The first kappa shape index (κ1) is 11.4. The van der Waals surface area contributed by atoms with E-state index in [9.17, 15) is 4.79 Å². The van der Waals surface area contributed by atoms with Gasteiger partial charge in [0.25, 0.3) is 0 Å². The lowest BCUT2D eigenvalue weighted by Crippen LogP contribution is -2.13. The summed E-state index contributed by atoms with van der Waals surface area (Å²) in [5.41, 5.74) is 2.80. The van der Waals surface area contributed by atoms with Crippen LogP contribution in [0.25, 0.3) is 0 Å². The van der Waals surface area contributed by atoms with Crippen molar-refractivity contribution in [3.63, 3.8) is 0 Å². The lowest BCUT2D eigenvalue weighted by atomic mass is 10.3. The molecule has 0 unspecified atom stereocenters. The average Bonchev–Trinajstić information content (AvgIpc) is 1.84. The molecular weight excluding hydrogens is 168 g/mol. The van der Waals surface area contributed by atoms with Crippen molar-refractivity contribution in [2.24, 2.45) is 0 Å². The van der Waals surface area contributed by atoms with Crippen LogP contribution in [0.4, 0.5) is 0 Å². The van der Waals surface area contributed by atoms with Crippen LogP contribution in [0.1, 0.15) is 20.8 Å². The quantitative estimate of drug-likeness (QED) is 0.382. The Balaban J connectivity index is 4.10. The van der Waals surface area contributed by atoms with Gasteiger partial charge in [0.15, 0.2) is 0 Å². The molecule has 0 amide bonds. The molecule has 0 aromatic rings. The molecule has 0 aliphatic rings. The summed E-state index contributed by atoms with van der Waals surface area (Å²) in [5.74, 6) is -0.175. The highest BCUT2D eigenvalue weighted by Crippen LogP contribution is 2.01. The Morgan fingerprint density at radius 1 is 1.42 bits per heavy atom. The molecule has 0 heterocycles. The SMILES string of the molecule is CC(=C[SiH](C)C)C(=O)OC(C)C. The van der Waals surface area contributed by atoms with Crippen LogP contribution in [0.3, 0.4) is 0 Å². The second-order valence-corrected chi connectivity index (χ2v) is 6.37. The Morgan fingerprint density at radius 2 is 1.92 bits per heavy atom. The summed E-state index contributed by atoms with van der Waals surface area (Å²) < 4.78 is 5.03. The summed E-state index contributed by atoms with van der Waals surface area (Å²) in [4.78, 5) is 11.2. The molecule has 0 bridgehead atoms. The summed E-state index contributed by atoms with van der Waals surface area (Å²) in [6, 6.07) is 0. The molecule has 70 valence electrons. The Morgan fingerprint density at radius 3 is 2.25 bits per heavy atom. The average molecular weight is 186 g/mol. The van der Waals surface area contributed by atoms with Gasteiger partial charge in [-0.1, -0.05) is 18.8 Å². The second kappa shape index (κ2) is 5.14. The molecule has 3 heteroatoms. The zero-order valence-corrected chi connectivity index (χ0v) is 9.70. The van der Waals surface area contributed by atoms with Crippen LogP contribution in [-0.4, -0.2) is 20.9 Å². The van der Waals surface area contributed by atoms with Gasteiger partial charge in [-0.15, -0.1) is 0 Å². The van der Waals surface area contributed by atoms with Crippen molar-refractivity contribution in [2.75, 3.05) is 0 Å². The first-order valence-electron chi connectivity index (χ1n) is 4.33. The largest absolute Gasteiger partial charge is 0.460 e. The van der Waals surface area contributed by atoms with E-state index in [0.717, 1.165) is 5.57 Å². The molecule has 0 aliphatic carbocycles. The van der Waals surface area contributed by atoms with Crippen molar-refractivity contribution >= 4 is 14.8 Å². The van der Waals surface area contributed by atoms with Gasteiger partial charge in [-0.25, -0.2) is 4.79 Å². The van der Waals surface area contributed by atoms with Crippen molar-refractivity contribution in [1.82, 2.24) is 0 Å². The Hall–Kier alpha value is -0.573. The fraction of sp³-hybridized carbons (Fsp3) is 0.667. The maximum absolute atomic E-state index is 11.2. The smallest absolute Gasteiger partial charge is 0.333 e. The summed E-state index contributed by atoms with van der Waals surface area (Å²) >= 11 is 0. The molecule has 0 fully saturated rings. The van der Waals surface area contributed by atoms with Crippen LogP contribution in [0.15, 0.2) is 11.3 Å². The number of rotatable bonds is 3. The Labute approximate surface area is 76.2 Å². The lowest BCUT2D eigenvalue weighted by Gasteiger charge is -2.08. The Kier molecular flexibility index (Phi) is 4.89. The van der Waals surface area contributed by atoms with E-state index in [1.54, 1.807) is 0 Å². The summed E-state index contributed by atoms with van der Waals surface area (Å²) in [6.07, 6.45) is -0.0188. The van der Waals surface area contributed by atoms with E-state index in [1.165, 1.54) is 0 Å². The predicted octanol–water partition coefficient (Wildman–Crippen LogP) is 1.91. The van der Waals surface area contributed by atoms with Crippen molar-refractivity contribution in [2.45, 2.75) is 40.0 Å². The monoisotopic (exact) mass is 186 g/mol. The highest BCUT2D eigenvalue weighted by Gasteiger charge is 2.07. The fourth-order valence-electron chi connectivity index (χ4n) is 0.875. The van der Waals surface area contributed by atoms with E-state index in [1.807, 2.05) is 26.5 Å². The van der Waals surface area contributed by atoms with Crippen LogP contribution in [0.2, 0.25) is 13.1 Å². The molecule has 0 rings (SSSR count). The molecule has 0 aliphatic heterocycles. The van der Waals surface area contributed by atoms with Gasteiger partial charge in [-0.3, -0.25) is 0 Å². The second-order valence-electron chi connectivity index (χ2n) is 3.55. The van der Waals surface area contributed by atoms with Gasteiger partial charge in [0, 0.05) is 5.57 Å². The van der Waals surface area contributed by atoms with Crippen LogP contribution < -0.4 is 0 Å². The highest BCUT2D eigenvalue weighted by molar-refractivity contribution is 6.61. The molecular formula is C9H18O2Si. The maximum atomic E-state index is 11.2. The summed E-state index contributed by atoms with van der Waals surface area (Å²) in [6.45, 7) is 9.88. The van der Waals surface area contributed by atoms with Crippen LogP contribution >= 0.6 is 0 Å². The summed E-state index contributed by atoms with van der Waals surface area (Å²) in [5, 5.41) is 0. The van der Waals surface area contributed by atoms with Gasteiger partial charge in [0.2, 0.25) is 0 Å². The fourth-order valence-corrected chi connectivity index (χ4v) is 2.01. The Bertz CT molecular complexity index is 183. The standard InChI is InChI=1S/C9H18O2Si/c1-7(2)11-9(10)8(3)6-12(4)5/h6-7,12H,1-5H3. The van der Waals surface area contributed by atoms with Gasteiger partial charge < -0.3 is 4.74 Å². The number of carbonyl (C=O) groups is 1. The number of hydrogen-bond acceptors (Lipinski definition) is 2. The van der Waals surface area contributed by atoms with Gasteiger partial charge >= 0.3 is 5.97 Å². The third kappa shape index (κ3) is 5.13. The topological polar surface area (TPSA) is 26.3 Å². The minimum atomic E-state index is -0.793. The van der Waals surface area contributed by atoms with E-state index in [4.69, 9.17) is 4.74 Å². The van der Waals surface area contributed by atoms with Gasteiger partial charge in [0.05, 0.1) is 14.9 Å². The normalized spacial score (nSPS) is 12.4. The molecule has 0 saturated heterocycles. The molecule has 2 nitrogen and oxygen atoms in total. The van der Waals surface area contributed by atoms with Gasteiger partial charge in [0.1, 0.15) is 0 Å². The van der Waals surface area contributed by atoms with E-state index in [-0.39, 0.29) is 12.1 Å². The number of hydrogen-bond donors (Lipinski definition) is 0. The van der Waals surface area contributed by atoms with E-state index < -0.39 is 8.80 Å². The third-order valence-electron chi connectivity index (χ3n) is 1.25. The van der Waals surface area contributed by atoms with Gasteiger partial charge in [-0.05, 0) is 20.8 Å². The zero-order chi connectivity index (χ0) is 9.72. The van der Waals surface area contributed by atoms with Crippen molar-refractivity contribution in [3.8, 4) is 0 Å². The van der Waals surface area contributed by atoms with Crippen LogP contribution in [0.5, 0.6) is 0 Å². The summed E-state index contributed by atoms with van der Waals surface area (Å²) in [7, 11) is -0.793. The van der Waals surface area contributed by atoms with Gasteiger partial charge in [-0.2, -0.15) is 0 Å². The minimum absolute atomic E-state index is 0.0188. The minimum Gasteiger partial charge on any atom is -0.460 e. The predicted molar refractivity (Wildman–Crippen MR) is 53.9 cm³/mol. The third-order valence-corrected chi connectivity index (χ3v) is 2.41. The molecule has 0 N–H and O–H groups in total. The van der Waals surface area contributed by atoms with Crippen molar-refractivity contribution < 1.29 is 9.53 Å². The molecule has 12 heavy (non-hydrogen) atoms. The van der Waals surface area contributed by atoms with Crippen LogP contribution in [0, 0.1) is 0 Å². The molecule has 0 aromatic heterocycles. The molecule has 0 atom stereocenters. The molecule has 0 spiro atoms. The maximum Gasteiger partial charge on any atom is 0.333 e. The number of ether oxygens (including phenoxy) is 1. The molecule has 0 saturated carbocycles. The first-order valence-corrected chi connectivity index (χ1v) is 7.30. The number of carbonyl (C=O) groups excluding carboxylic acids is 1.